The third-order valence-corrected chi connectivity index (χ3v) is 4.27. The summed E-state index contributed by atoms with van der Waals surface area (Å²) in [4.78, 5) is 18.0. The van der Waals surface area contributed by atoms with Crippen molar-refractivity contribution < 1.29 is 9.90 Å². The van der Waals surface area contributed by atoms with Crippen LogP contribution in [-0.4, -0.2) is 50.4 Å². The molecule has 2 unspecified atom stereocenters. The molecule has 1 aromatic carbocycles. The standard InChI is InChI=1S/C16H20N4O2/c1-19(9-13-3-2-4-15(13)21)16(22)12-5-7-14(8-6-12)20-11-17-10-18-20/h5-8,10-11,13,15,21H,2-4,9H2,1H3. The largest absolute Gasteiger partial charge is 0.393 e. The van der Waals surface area contributed by atoms with E-state index in [0.717, 1.165) is 24.9 Å². The van der Waals surface area contributed by atoms with Crippen LogP contribution in [0.1, 0.15) is 29.6 Å². The average Bonchev–Trinajstić information content (AvgIpc) is 3.19. The van der Waals surface area contributed by atoms with Crippen LogP contribution in [-0.2, 0) is 0 Å². The maximum atomic E-state index is 12.4. The minimum absolute atomic E-state index is 0.0239. The molecule has 1 aliphatic carbocycles. The Morgan fingerprint density at radius 1 is 1.36 bits per heavy atom. The Labute approximate surface area is 129 Å². The number of rotatable bonds is 4. The number of aliphatic hydroxyl groups excluding tert-OH is 1. The van der Waals surface area contributed by atoms with Crippen molar-refractivity contribution in [3.8, 4) is 5.69 Å². The number of carbonyl (C=O) groups excluding carboxylic acids is 1. The first kappa shape index (κ1) is 14.7. The molecule has 6 nitrogen and oxygen atoms in total. The Balaban J connectivity index is 1.66. The fraction of sp³-hybridized carbons (Fsp3) is 0.438. The van der Waals surface area contributed by atoms with Crippen LogP contribution >= 0.6 is 0 Å². The molecule has 0 aliphatic heterocycles. The van der Waals surface area contributed by atoms with Crippen molar-refractivity contribution in [1.29, 1.82) is 0 Å². The summed E-state index contributed by atoms with van der Waals surface area (Å²) in [5.74, 6) is 0.174. The second kappa shape index (κ2) is 6.27. The number of amides is 1. The molecule has 1 amide bonds. The van der Waals surface area contributed by atoms with Gasteiger partial charge in [0.1, 0.15) is 12.7 Å². The predicted molar refractivity (Wildman–Crippen MR) is 81.7 cm³/mol. The topological polar surface area (TPSA) is 71.2 Å². The second-order valence-corrected chi connectivity index (χ2v) is 5.83. The van der Waals surface area contributed by atoms with Gasteiger partial charge in [-0.15, -0.1) is 0 Å². The van der Waals surface area contributed by atoms with E-state index in [2.05, 4.69) is 10.1 Å². The van der Waals surface area contributed by atoms with Crippen LogP contribution in [0.4, 0.5) is 0 Å². The number of carbonyl (C=O) groups is 1. The maximum Gasteiger partial charge on any atom is 0.253 e. The van der Waals surface area contributed by atoms with Crippen LogP contribution in [0, 0.1) is 5.92 Å². The van der Waals surface area contributed by atoms with Crippen LogP contribution in [0.3, 0.4) is 0 Å². The average molecular weight is 300 g/mol. The number of nitrogens with zero attached hydrogens (tertiary/aromatic N) is 4. The van der Waals surface area contributed by atoms with E-state index in [-0.39, 0.29) is 17.9 Å². The summed E-state index contributed by atoms with van der Waals surface area (Å²) in [5.41, 5.74) is 1.50. The molecule has 0 saturated heterocycles. The summed E-state index contributed by atoms with van der Waals surface area (Å²) in [6.07, 6.45) is 5.69. The van der Waals surface area contributed by atoms with Gasteiger partial charge in [-0.2, -0.15) is 5.10 Å². The molecule has 1 heterocycles. The molecule has 1 aromatic heterocycles. The molecule has 1 aliphatic rings. The van der Waals surface area contributed by atoms with Gasteiger partial charge in [-0.3, -0.25) is 4.79 Å². The van der Waals surface area contributed by atoms with E-state index in [4.69, 9.17) is 0 Å². The van der Waals surface area contributed by atoms with E-state index in [0.29, 0.717) is 12.1 Å². The van der Waals surface area contributed by atoms with E-state index in [1.54, 1.807) is 35.1 Å². The Morgan fingerprint density at radius 3 is 2.73 bits per heavy atom. The molecule has 0 bridgehead atoms. The summed E-state index contributed by atoms with van der Waals surface area (Å²) in [7, 11) is 1.79. The lowest BCUT2D eigenvalue weighted by Gasteiger charge is -2.23. The molecule has 6 heteroatoms. The lowest BCUT2D eigenvalue weighted by molar-refractivity contribution is 0.0693. The number of aliphatic hydroxyl groups is 1. The normalized spacial score (nSPS) is 21.0. The van der Waals surface area contributed by atoms with Gasteiger partial charge in [0, 0.05) is 25.1 Å². The molecule has 3 rings (SSSR count). The van der Waals surface area contributed by atoms with Crippen molar-refractivity contribution in [3.63, 3.8) is 0 Å². The zero-order valence-corrected chi connectivity index (χ0v) is 12.6. The van der Waals surface area contributed by atoms with Gasteiger partial charge in [0.25, 0.3) is 5.91 Å². The molecule has 116 valence electrons. The van der Waals surface area contributed by atoms with Crippen LogP contribution < -0.4 is 0 Å². The van der Waals surface area contributed by atoms with Gasteiger partial charge < -0.3 is 10.0 Å². The third kappa shape index (κ3) is 3.01. The molecule has 2 atom stereocenters. The van der Waals surface area contributed by atoms with Gasteiger partial charge in [0.05, 0.1) is 11.8 Å². The number of hydrogen-bond donors (Lipinski definition) is 1. The van der Waals surface area contributed by atoms with E-state index in [1.165, 1.54) is 6.33 Å². The van der Waals surface area contributed by atoms with Crippen molar-refractivity contribution in [3.05, 3.63) is 42.5 Å². The van der Waals surface area contributed by atoms with Crippen molar-refractivity contribution in [2.45, 2.75) is 25.4 Å². The van der Waals surface area contributed by atoms with Gasteiger partial charge in [-0.1, -0.05) is 6.42 Å². The molecular weight excluding hydrogens is 280 g/mol. The molecular formula is C16H20N4O2. The van der Waals surface area contributed by atoms with Crippen LogP contribution in [0.25, 0.3) is 5.69 Å². The van der Waals surface area contributed by atoms with E-state index in [1.807, 2.05) is 12.1 Å². The maximum absolute atomic E-state index is 12.4. The first-order chi connectivity index (χ1) is 10.6. The zero-order chi connectivity index (χ0) is 15.5. The summed E-state index contributed by atoms with van der Waals surface area (Å²) in [6.45, 7) is 0.602. The van der Waals surface area contributed by atoms with Crippen LogP contribution in [0.2, 0.25) is 0 Å². The van der Waals surface area contributed by atoms with E-state index < -0.39 is 0 Å². The second-order valence-electron chi connectivity index (χ2n) is 5.83. The Bertz CT molecular complexity index is 624. The molecule has 0 spiro atoms. The summed E-state index contributed by atoms with van der Waals surface area (Å²) in [5, 5.41) is 13.9. The smallest absolute Gasteiger partial charge is 0.253 e. The highest BCUT2D eigenvalue weighted by Crippen LogP contribution is 2.26. The van der Waals surface area contributed by atoms with Crippen molar-refractivity contribution in [2.24, 2.45) is 5.92 Å². The Morgan fingerprint density at radius 2 is 2.14 bits per heavy atom. The fourth-order valence-electron chi connectivity index (χ4n) is 2.98. The number of hydrogen-bond acceptors (Lipinski definition) is 4. The predicted octanol–water partition coefficient (Wildman–Crippen LogP) is 1.50. The molecule has 1 N–H and O–H groups in total. The summed E-state index contributed by atoms with van der Waals surface area (Å²) < 4.78 is 1.65. The van der Waals surface area contributed by atoms with Crippen LogP contribution in [0.5, 0.6) is 0 Å². The SMILES string of the molecule is CN(CC1CCCC1O)C(=O)c1ccc(-n2cncn2)cc1. The van der Waals surface area contributed by atoms with Crippen molar-refractivity contribution >= 4 is 5.91 Å². The molecule has 1 fully saturated rings. The lowest BCUT2D eigenvalue weighted by Crippen LogP contribution is -2.34. The van der Waals surface area contributed by atoms with Crippen LogP contribution in [0.15, 0.2) is 36.9 Å². The van der Waals surface area contributed by atoms with Gasteiger partial charge >= 0.3 is 0 Å². The van der Waals surface area contributed by atoms with Gasteiger partial charge in [-0.05, 0) is 37.1 Å². The minimum atomic E-state index is -0.273. The molecule has 2 aromatic rings. The minimum Gasteiger partial charge on any atom is -0.393 e. The van der Waals surface area contributed by atoms with E-state index >= 15 is 0 Å². The quantitative estimate of drug-likeness (QED) is 0.929. The molecule has 22 heavy (non-hydrogen) atoms. The highest BCUT2D eigenvalue weighted by molar-refractivity contribution is 5.94. The lowest BCUT2D eigenvalue weighted by atomic mass is 10.1. The zero-order valence-electron chi connectivity index (χ0n) is 12.6. The van der Waals surface area contributed by atoms with Crippen molar-refractivity contribution in [1.82, 2.24) is 19.7 Å². The molecule has 1 saturated carbocycles. The molecule has 0 radical (unpaired) electrons. The Kier molecular flexibility index (Phi) is 4.20. The van der Waals surface area contributed by atoms with Gasteiger partial charge in [-0.25, -0.2) is 9.67 Å². The summed E-state index contributed by atoms with van der Waals surface area (Å²) in [6, 6.07) is 7.28. The highest BCUT2D eigenvalue weighted by atomic mass is 16.3. The monoisotopic (exact) mass is 300 g/mol. The third-order valence-electron chi connectivity index (χ3n) is 4.27. The highest BCUT2D eigenvalue weighted by Gasteiger charge is 2.27. The van der Waals surface area contributed by atoms with Gasteiger partial charge in [0.2, 0.25) is 0 Å². The summed E-state index contributed by atoms with van der Waals surface area (Å²) >= 11 is 0. The van der Waals surface area contributed by atoms with Gasteiger partial charge in [0.15, 0.2) is 0 Å². The number of benzene rings is 1. The number of aromatic nitrogens is 3. The first-order valence-electron chi connectivity index (χ1n) is 7.54. The van der Waals surface area contributed by atoms with E-state index in [9.17, 15) is 9.90 Å². The first-order valence-corrected chi connectivity index (χ1v) is 7.54. The fourth-order valence-corrected chi connectivity index (χ4v) is 2.98. The van der Waals surface area contributed by atoms with Crippen molar-refractivity contribution in [2.75, 3.05) is 13.6 Å². The Hall–Kier alpha value is -2.21.